The molecule has 5 heteroatoms. The van der Waals surface area contributed by atoms with Crippen LogP contribution in [0.15, 0.2) is 101 Å². The van der Waals surface area contributed by atoms with E-state index in [0.29, 0.717) is 5.92 Å². The summed E-state index contributed by atoms with van der Waals surface area (Å²) in [7, 11) is 0. The summed E-state index contributed by atoms with van der Waals surface area (Å²) in [6.45, 7) is 9.97. The minimum absolute atomic E-state index is 0.491. The summed E-state index contributed by atoms with van der Waals surface area (Å²) < 4.78 is 0. The van der Waals surface area contributed by atoms with Crippen molar-refractivity contribution in [2.75, 3.05) is 34.3 Å². The largest absolute Gasteiger partial charge is 0.341 e. The summed E-state index contributed by atoms with van der Waals surface area (Å²) in [6, 6.07) is 34.9. The first kappa shape index (κ1) is 44.5. The van der Waals surface area contributed by atoms with Crippen molar-refractivity contribution >= 4 is 45.5 Å². The van der Waals surface area contributed by atoms with E-state index in [2.05, 4.69) is 138 Å². The Kier molecular flexibility index (Phi) is 13.7. The van der Waals surface area contributed by atoms with Crippen molar-refractivity contribution in [3.63, 3.8) is 0 Å². The van der Waals surface area contributed by atoms with Gasteiger partial charge in [0, 0.05) is 76.0 Å². The molecule has 1 aliphatic carbocycles. The van der Waals surface area contributed by atoms with Gasteiger partial charge in [-0.1, -0.05) is 165 Å². The molecule has 1 unspecified atom stereocenters. The number of hydrogen-bond donors (Lipinski definition) is 0. The second-order valence-corrected chi connectivity index (χ2v) is 20.1. The third-order valence-corrected chi connectivity index (χ3v) is 15.7. The lowest BCUT2D eigenvalue weighted by Gasteiger charge is -2.54. The van der Waals surface area contributed by atoms with Gasteiger partial charge >= 0.3 is 0 Å². The van der Waals surface area contributed by atoms with Gasteiger partial charge in [-0.25, -0.2) is 0 Å². The molecule has 5 aromatic rings. The fourth-order valence-electron chi connectivity index (χ4n) is 12.4. The minimum Gasteiger partial charge on any atom is -0.341 e. The quantitative estimate of drug-likeness (QED) is 0.0544. The molecule has 66 heavy (non-hydrogen) atoms. The van der Waals surface area contributed by atoms with Crippen LogP contribution in [0.4, 0.5) is 45.5 Å². The van der Waals surface area contributed by atoms with Crippen molar-refractivity contribution in [2.45, 2.75) is 167 Å². The fraction of sp³-hybridized carbons (Fsp3) is 0.475. The number of anilines is 6. The van der Waals surface area contributed by atoms with E-state index in [-0.39, 0.29) is 0 Å². The van der Waals surface area contributed by atoms with Gasteiger partial charge in [-0.2, -0.15) is 10.2 Å². The Balaban J connectivity index is 1.12. The summed E-state index contributed by atoms with van der Waals surface area (Å²) in [5, 5.41) is 9.87. The average molecular weight is 876 g/mol. The van der Waals surface area contributed by atoms with E-state index >= 15 is 0 Å². The molecular formula is C61H73N5. The maximum absolute atomic E-state index is 4.96. The molecule has 1 atom stereocenters. The Morgan fingerprint density at radius 2 is 0.924 bits per heavy atom. The predicted molar refractivity (Wildman–Crippen MR) is 279 cm³/mol. The van der Waals surface area contributed by atoms with Crippen LogP contribution in [0, 0.1) is 11.8 Å². The molecular weight excluding hydrogens is 803 g/mol. The zero-order chi connectivity index (χ0) is 44.9. The number of hydrogen-bond acceptors (Lipinski definition) is 5. The van der Waals surface area contributed by atoms with Gasteiger partial charge in [-0.3, -0.25) is 0 Å². The first-order valence-corrected chi connectivity index (χ1v) is 26.6. The summed E-state index contributed by atoms with van der Waals surface area (Å²) in [6.07, 6.45) is 26.3. The third-order valence-electron chi connectivity index (χ3n) is 15.7. The van der Waals surface area contributed by atoms with Gasteiger partial charge in [0.15, 0.2) is 0 Å². The van der Waals surface area contributed by atoms with Gasteiger partial charge < -0.3 is 14.7 Å². The van der Waals surface area contributed by atoms with E-state index < -0.39 is 5.41 Å². The van der Waals surface area contributed by atoms with Crippen LogP contribution < -0.4 is 14.7 Å². The summed E-state index contributed by atoms with van der Waals surface area (Å²) in [5.74, 6) is 8.68. The Labute approximate surface area is 397 Å². The standard InChI is InChI=1S/C61H73N5/c1-4-7-10-13-16-19-40-64-51-28-23-30-53-58(51)61(39-38-45-34-35-47-44-48-37-36-46-26-22-27-49(57(46)48)62-63-50(47)43-45)59-52(64)29-24-31-54(59)66(42-21-18-15-12-9-6-3)56-33-25-32-55(60(56)61)65(53)41-20-17-14-11-8-5-2/h22-35,43,48H,4-21,36-37,40-42,44H2,1-3H3. The van der Waals surface area contributed by atoms with Crippen molar-refractivity contribution < 1.29 is 0 Å². The van der Waals surface area contributed by atoms with Crippen LogP contribution in [0.3, 0.4) is 0 Å². The Morgan fingerprint density at radius 1 is 0.485 bits per heavy atom. The highest BCUT2D eigenvalue weighted by Gasteiger charge is 2.55. The highest BCUT2D eigenvalue weighted by Crippen LogP contribution is 2.67. The van der Waals surface area contributed by atoms with Gasteiger partial charge in [-0.15, -0.1) is 0 Å². The normalized spacial score (nSPS) is 16.3. The molecule has 0 fully saturated rings. The van der Waals surface area contributed by atoms with Crippen molar-refractivity contribution in [2.24, 2.45) is 10.2 Å². The maximum Gasteiger partial charge on any atom is 0.119 e. The molecule has 5 aromatic carbocycles. The molecule has 0 spiro atoms. The Bertz CT molecular complexity index is 2370. The lowest BCUT2D eigenvalue weighted by molar-refractivity contribution is 0.598. The Morgan fingerprint density at radius 3 is 1.41 bits per heavy atom. The first-order valence-electron chi connectivity index (χ1n) is 26.6. The van der Waals surface area contributed by atoms with Crippen molar-refractivity contribution in [3.8, 4) is 11.8 Å². The number of azo groups is 1. The molecule has 5 nitrogen and oxygen atoms in total. The molecule has 342 valence electrons. The summed E-state index contributed by atoms with van der Waals surface area (Å²) in [5.41, 5.74) is 18.6. The number of aryl methyl sites for hydroxylation is 1. The average Bonchev–Trinajstić information content (AvgIpc) is 3.76. The lowest BCUT2D eigenvalue weighted by atomic mass is 9.61. The smallest absolute Gasteiger partial charge is 0.119 e. The molecule has 0 saturated heterocycles. The highest BCUT2D eigenvalue weighted by molar-refractivity contribution is 6.02. The number of unbranched alkanes of at least 4 members (excludes halogenated alkanes) is 15. The van der Waals surface area contributed by atoms with Crippen LogP contribution in [0.25, 0.3) is 0 Å². The number of rotatable bonds is 21. The third kappa shape index (κ3) is 8.26. The van der Waals surface area contributed by atoms with Crippen molar-refractivity contribution in [3.05, 3.63) is 130 Å². The van der Waals surface area contributed by atoms with E-state index in [1.54, 1.807) is 0 Å². The monoisotopic (exact) mass is 876 g/mol. The van der Waals surface area contributed by atoms with E-state index in [0.717, 1.165) is 49.4 Å². The molecule has 0 radical (unpaired) electrons. The second-order valence-electron chi connectivity index (χ2n) is 20.1. The molecule has 0 saturated carbocycles. The minimum atomic E-state index is -0.651. The molecule has 4 heterocycles. The van der Waals surface area contributed by atoms with Crippen LogP contribution >= 0.6 is 0 Å². The van der Waals surface area contributed by atoms with E-state index in [4.69, 9.17) is 10.2 Å². The molecule has 0 N–H and O–H groups in total. The van der Waals surface area contributed by atoms with Crippen LogP contribution in [-0.2, 0) is 18.3 Å². The molecule has 4 aliphatic heterocycles. The SMILES string of the molecule is CCCCCCCCN1c2cccc3c2C2(C#Cc4ccc5c(c4)N=Nc4cccc6c4C(CC6)C5)c4c1cccc4N(CCCCCCCC)c1cccc(c12)N3CCCCCCCC. The Hall–Kier alpha value is -5.34. The first-order chi connectivity index (χ1) is 32.7. The van der Waals surface area contributed by atoms with Gasteiger partial charge in [-0.05, 0) is 116 Å². The zero-order valence-corrected chi connectivity index (χ0v) is 40.4. The molecule has 0 aromatic heterocycles. The number of benzene rings is 5. The van der Waals surface area contributed by atoms with Crippen molar-refractivity contribution in [1.29, 1.82) is 0 Å². The van der Waals surface area contributed by atoms with Crippen LogP contribution in [-0.4, -0.2) is 19.6 Å². The summed E-state index contributed by atoms with van der Waals surface area (Å²) in [4.78, 5) is 8.13. The van der Waals surface area contributed by atoms with Gasteiger partial charge in [0.05, 0.1) is 11.4 Å². The van der Waals surface area contributed by atoms with Gasteiger partial charge in [0.1, 0.15) is 5.41 Å². The molecule has 10 rings (SSSR count). The van der Waals surface area contributed by atoms with Gasteiger partial charge in [0.25, 0.3) is 0 Å². The van der Waals surface area contributed by atoms with E-state index in [9.17, 15) is 0 Å². The van der Waals surface area contributed by atoms with Gasteiger partial charge in [0.2, 0.25) is 0 Å². The van der Waals surface area contributed by atoms with Crippen LogP contribution in [0.5, 0.6) is 0 Å². The molecule has 0 bridgehead atoms. The topological polar surface area (TPSA) is 34.4 Å². The zero-order valence-electron chi connectivity index (χ0n) is 40.4. The van der Waals surface area contributed by atoms with Crippen LogP contribution in [0.2, 0.25) is 0 Å². The number of nitrogens with zero attached hydrogens (tertiary/aromatic N) is 5. The maximum atomic E-state index is 4.96. The van der Waals surface area contributed by atoms with E-state index in [1.807, 2.05) is 0 Å². The molecule has 5 aliphatic rings. The predicted octanol–water partition coefficient (Wildman–Crippen LogP) is 17.5. The fourth-order valence-corrected chi connectivity index (χ4v) is 12.4. The number of fused-ring (bicyclic) bond motifs is 1. The molecule has 0 amide bonds. The summed E-state index contributed by atoms with van der Waals surface area (Å²) >= 11 is 0. The van der Waals surface area contributed by atoms with Crippen LogP contribution in [0.1, 0.15) is 188 Å². The lowest BCUT2D eigenvalue weighted by Crippen LogP contribution is -2.47. The van der Waals surface area contributed by atoms with E-state index in [1.165, 1.54) is 190 Å². The van der Waals surface area contributed by atoms with Crippen molar-refractivity contribution in [1.82, 2.24) is 0 Å². The highest BCUT2D eigenvalue weighted by atomic mass is 15.2. The second kappa shape index (κ2) is 20.3.